The normalized spacial score (nSPS) is 26.0. The van der Waals surface area contributed by atoms with E-state index in [0.29, 0.717) is 28.1 Å². The van der Waals surface area contributed by atoms with Crippen LogP contribution in [0.5, 0.6) is 0 Å². The number of nitrogens with one attached hydrogen (secondary N) is 1. The topological polar surface area (TPSA) is 46.3 Å². The molecule has 0 bridgehead atoms. The molecule has 4 rings (SSSR count). The van der Waals surface area contributed by atoms with Crippen LogP contribution in [0.2, 0.25) is 10.0 Å². The molecule has 7 heteroatoms. The van der Waals surface area contributed by atoms with E-state index in [4.69, 9.17) is 27.9 Å². The molecule has 1 saturated heterocycles. The first-order chi connectivity index (χ1) is 13.4. The summed E-state index contributed by atoms with van der Waals surface area (Å²) >= 11 is 12.1. The van der Waals surface area contributed by atoms with Gasteiger partial charge >= 0.3 is 0 Å². The third-order valence-electron chi connectivity index (χ3n) is 5.04. The van der Waals surface area contributed by atoms with Gasteiger partial charge in [-0.3, -0.25) is 9.69 Å². The SMILES string of the molecule is C[C@@H]1C[NH+](CN2C(=O)C(=Nc3ccc(Cl)c(Cl)c3)c3ccccc32)C[C@H](C)O1. The number of morpholine rings is 1. The van der Waals surface area contributed by atoms with E-state index in [-0.39, 0.29) is 18.1 Å². The van der Waals surface area contributed by atoms with Crippen LogP contribution < -0.4 is 9.80 Å². The number of benzene rings is 2. The maximum atomic E-state index is 13.2. The molecule has 2 aromatic carbocycles. The molecule has 2 heterocycles. The summed E-state index contributed by atoms with van der Waals surface area (Å²) in [6.45, 7) is 6.48. The summed E-state index contributed by atoms with van der Waals surface area (Å²) in [6.07, 6.45) is 0.354. The number of amides is 1. The molecule has 2 aromatic rings. The molecule has 1 fully saturated rings. The Hall–Kier alpha value is -1.92. The Bertz CT molecular complexity index is 937. The molecule has 0 spiro atoms. The maximum absolute atomic E-state index is 13.2. The summed E-state index contributed by atoms with van der Waals surface area (Å²) < 4.78 is 5.83. The monoisotopic (exact) mass is 418 g/mol. The lowest BCUT2D eigenvalue weighted by atomic mass is 10.1. The molecule has 28 heavy (non-hydrogen) atoms. The zero-order valence-corrected chi connectivity index (χ0v) is 17.3. The van der Waals surface area contributed by atoms with Crippen molar-refractivity contribution in [3.63, 3.8) is 0 Å². The fraction of sp³-hybridized carbons (Fsp3) is 0.333. The summed E-state index contributed by atoms with van der Waals surface area (Å²) in [7, 11) is 0. The van der Waals surface area contributed by atoms with E-state index in [2.05, 4.69) is 18.8 Å². The minimum Gasteiger partial charge on any atom is -0.364 e. The molecule has 3 atom stereocenters. The van der Waals surface area contributed by atoms with Gasteiger partial charge < -0.3 is 9.64 Å². The molecule has 0 radical (unpaired) electrons. The van der Waals surface area contributed by atoms with Crippen LogP contribution in [0.4, 0.5) is 11.4 Å². The summed E-state index contributed by atoms with van der Waals surface area (Å²) in [4.78, 5) is 21.0. The van der Waals surface area contributed by atoms with Crippen molar-refractivity contribution in [2.24, 2.45) is 4.99 Å². The number of anilines is 1. The summed E-state index contributed by atoms with van der Waals surface area (Å²) in [5.74, 6) is -0.0911. The fourth-order valence-electron chi connectivity index (χ4n) is 3.95. The molecule has 2 aliphatic heterocycles. The van der Waals surface area contributed by atoms with Crippen LogP contribution in [0, 0.1) is 0 Å². The second-order valence-electron chi connectivity index (χ2n) is 7.38. The Balaban J connectivity index is 1.66. The molecule has 0 aliphatic carbocycles. The minimum absolute atomic E-state index is 0.0911. The number of carbonyl (C=O) groups is 1. The van der Waals surface area contributed by atoms with Gasteiger partial charge in [0.25, 0.3) is 5.91 Å². The van der Waals surface area contributed by atoms with Crippen LogP contribution in [0.25, 0.3) is 0 Å². The summed E-state index contributed by atoms with van der Waals surface area (Å²) in [5.41, 5.74) is 2.77. The van der Waals surface area contributed by atoms with Gasteiger partial charge in [0, 0.05) is 5.56 Å². The van der Waals surface area contributed by atoms with Crippen molar-refractivity contribution in [1.82, 2.24) is 0 Å². The fourth-order valence-corrected chi connectivity index (χ4v) is 4.24. The van der Waals surface area contributed by atoms with Crippen molar-refractivity contribution in [2.45, 2.75) is 26.1 Å². The minimum atomic E-state index is -0.0911. The number of aliphatic imine (C=N–C) groups is 1. The van der Waals surface area contributed by atoms with Crippen molar-refractivity contribution in [1.29, 1.82) is 0 Å². The highest BCUT2D eigenvalue weighted by Crippen LogP contribution is 2.32. The lowest BCUT2D eigenvalue weighted by Gasteiger charge is -2.34. The molecule has 5 nitrogen and oxygen atoms in total. The van der Waals surface area contributed by atoms with Gasteiger partial charge in [-0.05, 0) is 38.1 Å². The van der Waals surface area contributed by atoms with E-state index in [0.717, 1.165) is 24.3 Å². The van der Waals surface area contributed by atoms with Crippen molar-refractivity contribution in [3.05, 3.63) is 58.1 Å². The van der Waals surface area contributed by atoms with Crippen LogP contribution in [-0.4, -0.2) is 43.6 Å². The molecule has 146 valence electrons. The van der Waals surface area contributed by atoms with Crippen LogP contribution in [-0.2, 0) is 9.53 Å². The third kappa shape index (κ3) is 3.80. The number of para-hydroxylation sites is 1. The zero-order valence-electron chi connectivity index (χ0n) is 15.8. The highest BCUT2D eigenvalue weighted by atomic mass is 35.5. The van der Waals surface area contributed by atoms with Gasteiger partial charge in [0.15, 0.2) is 6.67 Å². The number of hydrogen-bond donors (Lipinski definition) is 1. The number of halogens is 2. The maximum Gasteiger partial charge on any atom is 0.281 e. The molecule has 2 aliphatic rings. The zero-order chi connectivity index (χ0) is 19.8. The molecule has 1 N–H and O–H groups in total. The standard InChI is InChI=1S/C21H21Cl2N3O2/c1-13-10-25(11-14(2)28-13)12-26-19-6-4-3-5-16(19)20(21(26)27)24-15-7-8-17(22)18(23)9-15/h3-9,13-14H,10-12H2,1-2H3/p+1/t13-,14+. The van der Waals surface area contributed by atoms with E-state index < -0.39 is 0 Å². The quantitative estimate of drug-likeness (QED) is 0.831. The largest absolute Gasteiger partial charge is 0.364 e. The molecule has 0 aromatic heterocycles. The van der Waals surface area contributed by atoms with Crippen LogP contribution in [0.3, 0.4) is 0 Å². The number of fused-ring (bicyclic) bond motifs is 1. The van der Waals surface area contributed by atoms with Gasteiger partial charge in [-0.1, -0.05) is 41.4 Å². The van der Waals surface area contributed by atoms with E-state index in [9.17, 15) is 4.79 Å². The Kier molecular flexibility index (Phi) is 5.43. The average molecular weight is 419 g/mol. The first-order valence-electron chi connectivity index (χ1n) is 9.36. The van der Waals surface area contributed by atoms with E-state index >= 15 is 0 Å². The molecular weight excluding hydrogens is 397 g/mol. The molecular formula is C21H22Cl2N3O2+. The second kappa shape index (κ2) is 7.84. The first kappa shape index (κ1) is 19.4. The summed E-state index contributed by atoms with van der Waals surface area (Å²) in [6, 6.07) is 12.9. The van der Waals surface area contributed by atoms with Crippen molar-refractivity contribution < 1.29 is 14.4 Å². The van der Waals surface area contributed by atoms with Gasteiger partial charge in [0.1, 0.15) is 31.0 Å². The molecule has 0 saturated carbocycles. The van der Waals surface area contributed by atoms with Crippen LogP contribution in [0.1, 0.15) is 19.4 Å². The van der Waals surface area contributed by atoms with Gasteiger partial charge in [-0.2, -0.15) is 0 Å². The van der Waals surface area contributed by atoms with Gasteiger partial charge in [-0.25, -0.2) is 4.99 Å². The highest BCUT2D eigenvalue weighted by molar-refractivity contribution is 6.54. The van der Waals surface area contributed by atoms with Gasteiger partial charge in [0.2, 0.25) is 0 Å². The van der Waals surface area contributed by atoms with Crippen LogP contribution >= 0.6 is 23.2 Å². The Morgan fingerprint density at radius 1 is 1.11 bits per heavy atom. The van der Waals surface area contributed by atoms with E-state index in [1.807, 2.05) is 29.2 Å². The average Bonchev–Trinajstić information content (AvgIpc) is 2.90. The van der Waals surface area contributed by atoms with E-state index in [1.54, 1.807) is 18.2 Å². The van der Waals surface area contributed by atoms with Crippen molar-refractivity contribution in [2.75, 3.05) is 24.7 Å². The second-order valence-corrected chi connectivity index (χ2v) is 8.20. The predicted octanol–water partition coefficient (Wildman–Crippen LogP) is 3.11. The highest BCUT2D eigenvalue weighted by Gasteiger charge is 2.37. The van der Waals surface area contributed by atoms with Gasteiger partial charge in [0.05, 0.1) is 21.4 Å². The molecule has 1 unspecified atom stereocenters. The smallest absolute Gasteiger partial charge is 0.281 e. The number of nitrogens with zero attached hydrogens (tertiary/aromatic N) is 2. The van der Waals surface area contributed by atoms with Crippen molar-refractivity contribution >= 4 is 46.2 Å². The number of hydrogen-bond acceptors (Lipinski definition) is 3. The third-order valence-corrected chi connectivity index (χ3v) is 5.78. The number of ether oxygens (including phenoxy) is 1. The van der Waals surface area contributed by atoms with Gasteiger partial charge in [-0.15, -0.1) is 0 Å². The first-order valence-corrected chi connectivity index (χ1v) is 10.1. The number of rotatable bonds is 3. The lowest BCUT2D eigenvalue weighted by Crippen LogP contribution is -3.17. The predicted molar refractivity (Wildman–Crippen MR) is 112 cm³/mol. The summed E-state index contributed by atoms with van der Waals surface area (Å²) in [5, 5.41) is 0.879. The van der Waals surface area contributed by atoms with Crippen LogP contribution in [0.15, 0.2) is 47.5 Å². The number of quaternary nitrogens is 1. The Labute approximate surface area is 174 Å². The Morgan fingerprint density at radius 2 is 1.82 bits per heavy atom. The van der Waals surface area contributed by atoms with Crippen molar-refractivity contribution in [3.8, 4) is 0 Å². The lowest BCUT2D eigenvalue weighted by molar-refractivity contribution is -0.913. The molecule has 1 amide bonds. The Morgan fingerprint density at radius 3 is 2.54 bits per heavy atom. The number of carbonyl (C=O) groups excluding carboxylic acids is 1. The van der Waals surface area contributed by atoms with E-state index in [1.165, 1.54) is 4.90 Å².